The van der Waals surface area contributed by atoms with Gasteiger partial charge in [0.25, 0.3) is 0 Å². The molecule has 0 amide bonds. The molecule has 1 atom stereocenters. The summed E-state index contributed by atoms with van der Waals surface area (Å²) in [5.74, 6) is 0. The van der Waals surface area contributed by atoms with Crippen molar-refractivity contribution in [3.05, 3.63) is 30.5 Å². The Kier molecular flexibility index (Phi) is 8.18. The fourth-order valence-electron chi connectivity index (χ4n) is 1.03. The van der Waals surface area contributed by atoms with Gasteiger partial charge in [-0.3, -0.25) is 6.42 Å². The van der Waals surface area contributed by atoms with Gasteiger partial charge < -0.3 is 4.74 Å². The second-order valence-electron chi connectivity index (χ2n) is 2.49. The van der Waals surface area contributed by atoms with Gasteiger partial charge in [-0.2, -0.15) is 11.3 Å². The van der Waals surface area contributed by atoms with Gasteiger partial charge in [0.15, 0.2) is 0 Å². The number of rotatable bonds is 4. The Bertz CT molecular complexity index is 255. The van der Waals surface area contributed by atoms with Crippen molar-refractivity contribution in [2.45, 2.75) is 20.0 Å². The van der Waals surface area contributed by atoms with E-state index in [1.165, 1.54) is 12.4 Å². The van der Waals surface area contributed by atoms with Gasteiger partial charge in [0.05, 0.1) is 0 Å². The molecule has 0 fully saturated rings. The van der Waals surface area contributed by atoms with Gasteiger partial charge in [-0.05, 0) is 18.6 Å². The van der Waals surface area contributed by atoms with Crippen molar-refractivity contribution in [1.29, 1.82) is 0 Å². The molecule has 1 unspecified atom stereocenters. The predicted molar refractivity (Wildman–Crippen MR) is 46.3 cm³/mol. The van der Waals surface area contributed by atoms with Crippen LogP contribution >= 0.6 is 0 Å². The van der Waals surface area contributed by atoms with E-state index in [1.807, 2.05) is 20.3 Å². The van der Waals surface area contributed by atoms with Gasteiger partial charge >= 0.3 is 57.5 Å². The SMILES string of the molecule is C[CH-]C(OCC)c1cnc(F)nc1.[K+]. The minimum atomic E-state index is -0.713. The molecule has 1 rings (SSSR count). The van der Waals surface area contributed by atoms with Gasteiger partial charge in [-0.15, -0.1) is 0 Å². The quantitative estimate of drug-likeness (QED) is 0.369. The van der Waals surface area contributed by atoms with Crippen LogP contribution in [0.15, 0.2) is 12.4 Å². The Morgan fingerprint density at radius 2 is 2.07 bits per heavy atom. The molecule has 1 heterocycles. The zero-order chi connectivity index (χ0) is 9.68. The number of nitrogens with zero attached hydrogens (tertiary/aromatic N) is 2. The van der Waals surface area contributed by atoms with Crippen molar-refractivity contribution in [3.63, 3.8) is 0 Å². The Morgan fingerprint density at radius 1 is 1.50 bits per heavy atom. The van der Waals surface area contributed by atoms with E-state index in [0.717, 1.165) is 5.56 Å². The number of ether oxygens (including phenoxy) is 1. The largest absolute Gasteiger partial charge is 1.00 e. The van der Waals surface area contributed by atoms with Crippen molar-refractivity contribution in [1.82, 2.24) is 9.97 Å². The van der Waals surface area contributed by atoms with Gasteiger partial charge in [-0.1, -0.05) is 0 Å². The second-order valence-corrected chi connectivity index (χ2v) is 2.49. The third-order valence-corrected chi connectivity index (χ3v) is 1.62. The molecule has 0 N–H and O–H groups in total. The Labute approximate surface area is 126 Å². The number of hydrogen-bond donors (Lipinski definition) is 0. The molecule has 14 heavy (non-hydrogen) atoms. The van der Waals surface area contributed by atoms with E-state index >= 15 is 0 Å². The van der Waals surface area contributed by atoms with Crippen molar-refractivity contribution in [3.8, 4) is 0 Å². The maximum Gasteiger partial charge on any atom is 1.00 e. The first kappa shape index (κ1) is 14.6. The fraction of sp³-hybridized carbons (Fsp3) is 0.444. The van der Waals surface area contributed by atoms with Crippen LogP contribution in [0.3, 0.4) is 0 Å². The predicted octanol–water partition coefficient (Wildman–Crippen LogP) is -1.08. The molecule has 1 aromatic heterocycles. The summed E-state index contributed by atoms with van der Waals surface area (Å²) >= 11 is 0. The van der Waals surface area contributed by atoms with Crippen molar-refractivity contribution in [2.75, 3.05) is 6.61 Å². The molecule has 0 bridgehead atoms. The zero-order valence-electron chi connectivity index (χ0n) is 8.70. The van der Waals surface area contributed by atoms with Crippen LogP contribution in [-0.2, 0) is 4.74 Å². The molecule has 72 valence electrons. The van der Waals surface area contributed by atoms with E-state index in [9.17, 15) is 4.39 Å². The first-order valence-corrected chi connectivity index (χ1v) is 4.16. The van der Waals surface area contributed by atoms with E-state index in [4.69, 9.17) is 4.74 Å². The molecule has 0 aliphatic carbocycles. The van der Waals surface area contributed by atoms with E-state index in [-0.39, 0.29) is 57.5 Å². The third kappa shape index (κ3) is 4.42. The molecule has 0 aromatic carbocycles. The molecule has 0 aliphatic rings. The fourth-order valence-corrected chi connectivity index (χ4v) is 1.03. The molecule has 0 spiro atoms. The number of aromatic nitrogens is 2. The standard InChI is InChI=1S/C9H12FN2O.K/c1-3-8(13-4-2)7-5-11-9(10)12-6-7;/h3,5-6,8H,4H2,1-2H3;/q-1;+1. The van der Waals surface area contributed by atoms with Crippen molar-refractivity contribution >= 4 is 0 Å². The summed E-state index contributed by atoms with van der Waals surface area (Å²) in [6.07, 6.45) is 3.88. The van der Waals surface area contributed by atoms with Crippen LogP contribution in [0.25, 0.3) is 0 Å². The van der Waals surface area contributed by atoms with Crippen molar-refractivity contribution < 1.29 is 60.5 Å². The van der Waals surface area contributed by atoms with Gasteiger partial charge in [0.1, 0.15) is 0 Å². The van der Waals surface area contributed by atoms with E-state index in [2.05, 4.69) is 9.97 Å². The van der Waals surface area contributed by atoms with Crippen LogP contribution < -0.4 is 51.4 Å². The average Bonchev–Trinajstić information content (AvgIpc) is 2.16. The molecular weight excluding hydrogens is 210 g/mol. The van der Waals surface area contributed by atoms with Gasteiger partial charge in [0.2, 0.25) is 0 Å². The minimum absolute atomic E-state index is 0. The summed E-state index contributed by atoms with van der Waals surface area (Å²) in [4.78, 5) is 6.90. The molecule has 0 aliphatic heterocycles. The van der Waals surface area contributed by atoms with Gasteiger partial charge in [0, 0.05) is 19.0 Å². The molecule has 0 saturated heterocycles. The van der Waals surface area contributed by atoms with Crippen LogP contribution in [0.4, 0.5) is 4.39 Å². The molecule has 0 saturated carbocycles. The van der Waals surface area contributed by atoms with Crippen LogP contribution in [0.2, 0.25) is 0 Å². The van der Waals surface area contributed by atoms with E-state index < -0.39 is 6.08 Å². The zero-order valence-corrected chi connectivity index (χ0v) is 11.8. The summed E-state index contributed by atoms with van der Waals surface area (Å²) in [6, 6.07) is 0. The first-order chi connectivity index (χ1) is 6.27. The molecule has 3 nitrogen and oxygen atoms in total. The summed E-state index contributed by atoms with van der Waals surface area (Å²) < 4.78 is 17.7. The average molecular weight is 222 g/mol. The van der Waals surface area contributed by atoms with E-state index in [1.54, 1.807) is 0 Å². The normalized spacial score (nSPS) is 11.9. The second kappa shape index (κ2) is 7.84. The van der Waals surface area contributed by atoms with Crippen LogP contribution in [0.5, 0.6) is 0 Å². The maximum atomic E-state index is 12.4. The topological polar surface area (TPSA) is 35.0 Å². The number of halogens is 1. The summed E-state index contributed by atoms with van der Waals surface area (Å²) in [7, 11) is 0. The van der Waals surface area contributed by atoms with E-state index in [0.29, 0.717) is 6.61 Å². The Balaban J connectivity index is 0.00000169. The van der Waals surface area contributed by atoms with Crippen LogP contribution in [-0.4, -0.2) is 16.6 Å². The summed E-state index contributed by atoms with van der Waals surface area (Å²) in [5, 5.41) is 0. The molecular formula is C9H12FKN2O. The Morgan fingerprint density at radius 3 is 2.50 bits per heavy atom. The summed E-state index contributed by atoms with van der Waals surface area (Å²) in [5.41, 5.74) is 0.769. The summed E-state index contributed by atoms with van der Waals surface area (Å²) in [6.45, 7) is 4.39. The van der Waals surface area contributed by atoms with Crippen LogP contribution in [0, 0.1) is 12.5 Å². The third-order valence-electron chi connectivity index (χ3n) is 1.62. The van der Waals surface area contributed by atoms with Crippen LogP contribution in [0.1, 0.15) is 25.5 Å². The van der Waals surface area contributed by atoms with Crippen molar-refractivity contribution in [2.24, 2.45) is 0 Å². The van der Waals surface area contributed by atoms with Gasteiger partial charge in [-0.25, -0.2) is 9.97 Å². The smallest absolute Gasteiger partial charge is 0.406 e. The molecule has 1 aromatic rings. The monoisotopic (exact) mass is 222 g/mol. The molecule has 5 heteroatoms. The Hall–Kier alpha value is 0.606. The first-order valence-electron chi connectivity index (χ1n) is 4.16. The molecule has 0 radical (unpaired) electrons. The number of hydrogen-bond acceptors (Lipinski definition) is 3. The maximum absolute atomic E-state index is 12.4. The minimum Gasteiger partial charge on any atom is -0.406 e.